The molecule has 2 N–H and O–H groups in total. The number of benzene rings is 2. The molecule has 28 heavy (non-hydrogen) atoms. The van der Waals surface area contributed by atoms with Gasteiger partial charge in [-0.05, 0) is 42.7 Å². The van der Waals surface area contributed by atoms with Gasteiger partial charge in [-0.25, -0.2) is 0 Å². The van der Waals surface area contributed by atoms with Crippen LogP contribution in [0.25, 0.3) is 0 Å². The average Bonchev–Trinajstić information content (AvgIpc) is 2.72. The summed E-state index contributed by atoms with van der Waals surface area (Å²) in [7, 11) is 0. The van der Waals surface area contributed by atoms with Crippen molar-refractivity contribution in [3.8, 4) is 0 Å². The third kappa shape index (κ3) is 6.36. The first-order chi connectivity index (χ1) is 13.6. The lowest BCUT2D eigenvalue weighted by molar-refractivity contribution is -0.122. The van der Waals surface area contributed by atoms with E-state index in [0.29, 0.717) is 18.5 Å². The fourth-order valence-corrected chi connectivity index (χ4v) is 3.49. The predicted octanol–water partition coefficient (Wildman–Crippen LogP) is 3.24. The molecule has 0 spiro atoms. The molecule has 0 bridgehead atoms. The maximum absolute atomic E-state index is 12.1. The van der Waals surface area contributed by atoms with Gasteiger partial charge in [0.15, 0.2) is 0 Å². The molecular formula is C22H26ClN3O2. The molecule has 0 aromatic heterocycles. The maximum atomic E-state index is 12.1. The minimum absolute atomic E-state index is 0.00971. The van der Waals surface area contributed by atoms with Crippen LogP contribution in [0.3, 0.4) is 0 Å². The van der Waals surface area contributed by atoms with Crippen molar-refractivity contribution in [3.05, 3.63) is 70.7 Å². The summed E-state index contributed by atoms with van der Waals surface area (Å²) in [6.45, 7) is 3.16. The highest BCUT2D eigenvalue weighted by atomic mass is 35.5. The fourth-order valence-electron chi connectivity index (χ4n) is 3.36. The summed E-state index contributed by atoms with van der Waals surface area (Å²) in [5.74, 6) is -0.159. The van der Waals surface area contributed by atoms with Gasteiger partial charge in [0.25, 0.3) is 5.91 Å². The van der Waals surface area contributed by atoms with Crippen LogP contribution >= 0.6 is 11.6 Å². The Kier molecular flexibility index (Phi) is 7.46. The van der Waals surface area contributed by atoms with Gasteiger partial charge >= 0.3 is 0 Å². The second-order valence-corrected chi connectivity index (χ2v) is 7.55. The van der Waals surface area contributed by atoms with Crippen LogP contribution in [0.15, 0.2) is 54.6 Å². The lowest BCUT2D eigenvalue weighted by atomic mass is 10.0. The standard InChI is InChI=1S/C22H26ClN3O2/c23-19-8-6-17(7-9-19)16-26-14-11-20(12-15-26)25-21(27)10-13-24-22(28)18-4-2-1-3-5-18/h1-9,20H,10-16H2,(H,24,28)(H,25,27). The number of halogens is 1. The summed E-state index contributed by atoms with van der Waals surface area (Å²) < 4.78 is 0. The van der Waals surface area contributed by atoms with Crippen LogP contribution in [0.4, 0.5) is 0 Å². The number of rotatable bonds is 7. The number of nitrogens with zero attached hydrogens (tertiary/aromatic N) is 1. The normalized spacial score (nSPS) is 15.2. The molecule has 3 rings (SSSR count). The van der Waals surface area contributed by atoms with E-state index in [-0.39, 0.29) is 17.9 Å². The smallest absolute Gasteiger partial charge is 0.251 e. The van der Waals surface area contributed by atoms with Crippen molar-refractivity contribution < 1.29 is 9.59 Å². The van der Waals surface area contributed by atoms with Crippen LogP contribution in [-0.2, 0) is 11.3 Å². The molecule has 1 saturated heterocycles. The first-order valence-corrected chi connectivity index (χ1v) is 10.1. The van der Waals surface area contributed by atoms with Gasteiger partial charge in [-0.2, -0.15) is 0 Å². The Morgan fingerprint density at radius 2 is 1.68 bits per heavy atom. The molecule has 0 aliphatic carbocycles. The first kappa shape index (κ1) is 20.4. The molecule has 1 aliphatic rings. The highest BCUT2D eigenvalue weighted by molar-refractivity contribution is 6.30. The van der Waals surface area contributed by atoms with Crippen molar-refractivity contribution in [2.45, 2.75) is 31.8 Å². The number of amides is 2. The van der Waals surface area contributed by atoms with Crippen molar-refractivity contribution in [3.63, 3.8) is 0 Å². The van der Waals surface area contributed by atoms with E-state index in [1.165, 1.54) is 5.56 Å². The Bertz CT molecular complexity index is 772. The number of carbonyl (C=O) groups excluding carboxylic acids is 2. The zero-order chi connectivity index (χ0) is 19.8. The van der Waals surface area contributed by atoms with Gasteiger partial charge in [0.2, 0.25) is 5.91 Å². The Labute approximate surface area is 171 Å². The van der Waals surface area contributed by atoms with Gasteiger partial charge in [0.1, 0.15) is 0 Å². The second kappa shape index (κ2) is 10.2. The molecular weight excluding hydrogens is 374 g/mol. The van der Waals surface area contributed by atoms with Crippen molar-refractivity contribution in [1.29, 1.82) is 0 Å². The number of carbonyl (C=O) groups is 2. The van der Waals surface area contributed by atoms with E-state index in [1.807, 2.05) is 30.3 Å². The summed E-state index contributed by atoms with van der Waals surface area (Å²) in [5, 5.41) is 6.63. The van der Waals surface area contributed by atoms with Crippen LogP contribution in [0, 0.1) is 0 Å². The Morgan fingerprint density at radius 1 is 1.00 bits per heavy atom. The van der Waals surface area contributed by atoms with Crippen molar-refractivity contribution >= 4 is 23.4 Å². The van der Waals surface area contributed by atoms with Gasteiger partial charge in [-0.15, -0.1) is 0 Å². The van der Waals surface area contributed by atoms with Crippen LogP contribution in [-0.4, -0.2) is 42.4 Å². The van der Waals surface area contributed by atoms with Crippen LogP contribution in [0.2, 0.25) is 5.02 Å². The van der Waals surface area contributed by atoms with E-state index in [1.54, 1.807) is 12.1 Å². The number of nitrogens with one attached hydrogen (secondary N) is 2. The summed E-state index contributed by atoms with van der Waals surface area (Å²) in [6.07, 6.45) is 2.18. The van der Waals surface area contributed by atoms with Crippen molar-refractivity contribution in [2.24, 2.45) is 0 Å². The molecule has 0 saturated carbocycles. The molecule has 0 radical (unpaired) electrons. The van der Waals surface area contributed by atoms with Crippen LogP contribution in [0.1, 0.15) is 35.2 Å². The highest BCUT2D eigenvalue weighted by Crippen LogP contribution is 2.16. The molecule has 2 aromatic rings. The van der Waals surface area contributed by atoms with Gasteiger partial charge in [-0.3, -0.25) is 14.5 Å². The SMILES string of the molecule is O=C(CCNC(=O)c1ccccc1)NC1CCN(Cc2ccc(Cl)cc2)CC1. The zero-order valence-electron chi connectivity index (χ0n) is 15.9. The first-order valence-electron chi connectivity index (χ1n) is 9.69. The largest absolute Gasteiger partial charge is 0.353 e. The Balaban J connectivity index is 1.32. The second-order valence-electron chi connectivity index (χ2n) is 7.12. The molecule has 1 fully saturated rings. The molecule has 0 unspecified atom stereocenters. The molecule has 2 amide bonds. The predicted molar refractivity (Wildman–Crippen MR) is 111 cm³/mol. The molecule has 0 atom stereocenters. The van der Waals surface area contributed by atoms with Gasteiger partial charge < -0.3 is 10.6 Å². The van der Waals surface area contributed by atoms with Crippen molar-refractivity contribution in [2.75, 3.05) is 19.6 Å². The molecule has 6 heteroatoms. The monoisotopic (exact) mass is 399 g/mol. The summed E-state index contributed by atoms with van der Waals surface area (Å²) >= 11 is 5.93. The molecule has 1 aliphatic heterocycles. The third-order valence-electron chi connectivity index (χ3n) is 4.95. The van der Waals surface area contributed by atoms with Crippen LogP contribution in [0.5, 0.6) is 0 Å². The van der Waals surface area contributed by atoms with Gasteiger partial charge in [0, 0.05) is 49.2 Å². The van der Waals surface area contributed by atoms with E-state index in [9.17, 15) is 9.59 Å². The van der Waals surface area contributed by atoms with E-state index in [0.717, 1.165) is 37.5 Å². The number of hydrogen-bond acceptors (Lipinski definition) is 3. The van der Waals surface area contributed by atoms with Crippen molar-refractivity contribution in [1.82, 2.24) is 15.5 Å². The maximum Gasteiger partial charge on any atom is 0.251 e. The Morgan fingerprint density at radius 3 is 2.36 bits per heavy atom. The summed E-state index contributed by atoms with van der Waals surface area (Å²) in [5.41, 5.74) is 1.86. The molecule has 148 valence electrons. The summed E-state index contributed by atoms with van der Waals surface area (Å²) in [4.78, 5) is 26.5. The minimum atomic E-state index is -0.149. The average molecular weight is 400 g/mol. The van der Waals surface area contributed by atoms with Gasteiger partial charge in [-0.1, -0.05) is 41.9 Å². The van der Waals surface area contributed by atoms with Gasteiger partial charge in [0.05, 0.1) is 0 Å². The zero-order valence-corrected chi connectivity index (χ0v) is 16.6. The van der Waals surface area contributed by atoms with E-state index in [4.69, 9.17) is 11.6 Å². The number of likely N-dealkylation sites (tertiary alicyclic amines) is 1. The molecule has 5 nitrogen and oxygen atoms in total. The van der Waals surface area contributed by atoms with E-state index < -0.39 is 0 Å². The van der Waals surface area contributed by atoms with Crippen LogP contribution < -0.4 is 10.6 Å². The fraction of sp³-hybridized carbons (Fsp3) is 0.364. The topological polar surface area (TPSA) is 61.4 Å². The van der Waals surface area contributed by atoms with E-state index >= 15 is 0 Å². The highest BCUT2D eigenvalue weighted by Gasteiger charge is 2.20. The number of hydrogen-bond donors (Lipinski definition) is 2. The minimum Gasteiger partial charge on any atom is -0.353 e. The van der Waals surface area contributed by atoms with E-state index in [2.05, 4.69) is 27.7 Å². The lowest BCUT2D eigenvalue weighted by Gasteiger charge is -2.32. The lowest BCUT2D eigenvalue weighted by Crippen LogP contribution is -2.45. The Hall–Kier alpha value is -2.37. The number of piperidine rings is 1. The molecule has 2 aromatic carbocycles. The quantitative estimate of drug-likeness (QED) is 0.751. The summed E-state index contributed by atoms with van der Waals surface area (Å²) in [6, 6.07) is 17.2. The third-order valence-corrected chi connectivity index (χ3v) is 5.20. The molecule has 1 heterocycles.